The Morgan fingerprint density at radius 3 is 2.39 bits per heavy atom. The van der Waals surface area contributed by atoms with Crippen LogP contribution >= 0.6 is 0 Å². The van der Waals surface area contributed by atoms with Crippen LogP contribution in [0.2, 0.25) is 0 Å². The summed E-state index contributed by atoms with van der Waals surface area (Å²) in [5, 5.41) is 11.1. The number of piperidine rings is 1. The van der Waals surface area contributed by atoms with Gasteiger partial charge in [0.2, 0.25) is 0 Å². The van der Waals surface area contributed by atoms with Crippen molar-refractivity contribution in [2.45, 2.75) is 58.0 Å². The van der Waals surface area contributed by atoms with Crippen LogP contribution in [0.5, 0.6) is 0 Å². The van der Waals surface area contributed by atoms with E-state index < -0.39 is 10.9 Å². The monoisotopic (exact) mass is 389 g/mol. The third-order valence-electron chi connectivity index (χ3n) is 5.67. The zero-order valence-corrected chi connectivity index (χ0v) is 16.4. The van der Waals surface area contributed by atoms with Crippen molar-refractivity contribution >= 4 is 23.3 Å². The fourth-order valence-electron chi connectivity index (χ4n) is 4.23. The van der Waals surface area contributed by atoms with E-state index in [0.717, 1.165) is 45.2 Å². The molecule has 0 N–H and O–H groups in total. The Morgan fingerprint density at radius 1 is 1.14 bits per heavy atom. The van der Waals surface area contributed by atoms with Gasteiger partial charge in [0.1, 0.15) is 0 Å². The number of anilines is 1. The van der Waals surface area contributed by atoms with Gasteiger partial charge in [-0.25, -0.2) is 4.79 Å². The molecular weight excluding hydrogens is 362 g/mol. The van der Waals surface area contributed by atoms with Crippen LogP contribution in [0, 0.1) is 10.1 Å². The summed E-state index contributed by atoms with van der Waals surface area (Å²) >= 11 is 0. The molecule has 0 saturated carbocycles. The minimum Gasteiger partial charge on any atom is -0.452 e. The average molecular weight is 389 g/mol. The summed E-state index contributed by atoms with van der Waals surface area (Å²) in [6.07, 6.45) is 4.98. The van der Waals surface area contributed by atoms with Gasteiger partial charge < -0.3 is 14.5 Å². The number of esters is 1. The van der Waals surface area contributed by atoms with Gasteiger partial charge in [0.25, 0.3) is 11.6 Å². The van der Waals surface area contributed by atoms with E-state index in [-0.39, 0.29) is 35.8 Å². The van der Waals surface area contributed by atoms with Gasteiger partial charge in [-0.1, -0.05) is 0 Å². The zero-order chi connectivity index (χ0) is 20.3. The minimum absolute atomic E-state index is 0.118. The smallest absolute Gasteiger partial charge is 0.341 e. The Morgan fingerprint density at radius 2 is 1.79 bits per heavy atom. The van der Waals surface area contributed by atoms with Crippen LogP contribution in [0.25, 0.3) is 0 Å². The molecule has 152 valence electrons. The molecule has 8 nitrogen and oxygen atoms in total. The van der Waals surface area contributed by atoms with E-state index in [1.165, 1.54) is 12.1 Å². The molecule has 3 rings (SSSR count). The van der Waals surface area contributed by atoms with Gasteiger partial charge in [0.15, 0.2) is 6.61 Å². The van der Waals surface area contributed by atoms with E-state index in [0.29, 0.717) is 5.69 Å². The third-order valence-corrected chi connectivity index (χ3v) is 5.67. The Labute approximate surface area is 164 Å². The number of carbonyl (C=O) groups excluding carboxylic acids is 2. The normalized spacial score (nSPS) is 22.2. The first-order valence-corrected chi connectivity index (χ1v) is 9.90. The topological polar surface area (TPSA) is 93.0 Å². The van der Waals surface area contributed by atoms with Crippen molar-refractivity contribution < 1.29 is 19.2 Å². The molecule has 1 amide bonds. The fraction of sp³-hybridized carbons (Fsp3) is 0.600. The molecule has 0 spiro atoms. The lowest BCUT2D eigenvalue weighted by Crippen LogP contribution is -2.49. The maximum absolute atomic E-state index is 12.7. The van der Waals surface area contributed by atoms with E-state index in [9.17, 15) is 19.7 Å². The summed E-state index contributed by atoms with van der Waals surface area (Å²) in [7, 11) is 0. The first-order valence-electron chi connectivity index (χ1n) is 9.90. The molecule has 1 aromatic rings. The number of benzene rings is 1. The highest BCUT2D eigenvalue weighted by Gasteiger charge is 2.30. The van der Waals surface area contributed by atoms with Gasteiger partial charge in [-0.3, -0.25) is 14.9 Å². The van der Waals surface area contributed by atoms with Gasteiger partial charge >= 0.3 is 5.97 Å². The van der Waals surface area contributed by atoms with Crippen LogP contribution in [0.3, 0.4) is 0 Å². The maximum atomic E-state index is 12.7. The number of non-ortho nitro benzene ring substituents is 1. The van der Waals surface area contributed by atoms with E-state index in [1.54, 1.807) is 11.0 Å². The molecule has 28 heavy (non-hydrogen) atoms. The van der Waals surface area contributed by atoms with Gasteiger partial charge in [-0.05, 0) is 52.0 Å². The molecule has 1 aromatic carbocycles. The standard InChI is InChI=1S/C20H27N3O5/c1-14-6-5-7-15(2)22(14)19(24)13-28-20(25)17-12-16(23(26)27)8-9-18(17)21-10-3-4-11-21/h8-9,12,14-15H,3-7,10-11,13H2,1-2H3/t14-,15+. The predicted molar refractivity (Wildman–Crippen MR) is 104 cm³/mol. The van der Waals surface area contributed by atoms with E-state index in [4.69, 9.17) is 4.74 Å². The Bertz CT molecular complexity index is 750. The van der Waals surface area contributed by atoms with Crippen molar-refractivity contribution in [3.05, 3.63) is 33.9 Å². The van der Waals surface area contributed by atoms with Crippen LogP contribution in [0.1, 0.15) is 56.3 Å². The first kappa shape index (κ1) is 20.1. The number of amides is 1. The first-order chi connectivity index (χ1) is 13.4. The number of carbonyl (C=O) groups is 2. The second-order valence-corrected chi connectivity index (χ2v) is 7.66. The average Bonchev–Trinajstić information content (AvgIpc) is 3.20. The zero-order valence-electron chi connectivity index (χ0n) is 16.4. The third kappa shape index (κ3) is 4.26. The summed E-state index contributed by atoms with van der Waals surface area (Å²) in [6.45, 7) is 5.23. The second-order valence-electron chi connectivity index (χ2n) is 7.66. The molecule has 0 bridgehead atoms. The lowest BCUT2D eigenvalue weighted by Gasteiger charge is -2.38. The summed E-state index contributed by atoms with van der Waals surface area (Å²) in [5.41, 5.74) is 0.600. The van der Waals surface area contributed by atoms with Gasteiger partial charge in [0.05, 0.1) is 16.2 Å². The molecule has 0 aromatic heterocycles. The Kier molecular flexibility index (Phi) is 6.16. The van der Waals surface area contributed by atoms with Crippen LogP contribution in [-0.4, -0.2) is 53.5 Å². The predicted octanol–water partition coefficient (Wildman–Crippen LogP) is 3.14. The van der Waals surface area contributed by atoms with Crippen molar-refractivity contribution in [2.75, 3.05) is 24.6 Å². The van der Waals surface area contributed by atoms with E-state index in [1.807, 2.05) is 18.7 Å². The Balaban J connectivity index is 1.74. The molecule has 0 aliphatic carbocycles. The number of ether oxygens (including phenoxy) is 1. The number of nitro groups is 1. The lowest BCUT2D eigenvalue weighted by molar-refractivity contribution is -0.384. The molecule has 2 heterocycles. The van der Waals surface area contributed by atoms with Crippen molar-refractivity contribution in [1.29, 1.82) is 0 Å². The van der Waals surface area contributed by atoms with Crippen molar-refractivity contribution in [2.24, 2.45) is 0 Å². The van der Waals surface area contributed by atoms with Crippen LogP contribution in [-0.2, 0) is 9.53 Å². The fourth-order valence-corrected chi connectivity index (χ4v) is 4.23. The highest BCUT2D eigenvalue weighted by Crippen LogP contribution is 2.29. The molecular formula is C20H27N3O5. The van der Waals surface area contributed by atoms with Gasteiger partial charge in [-0.15, -0.1) is 0 Å². The number of rotatable bonds is 5. The van der Waals surface area contributed by atoms with Gasteiger partial charge in [-0.2, -0.15) is 0 Å². The Hall–Kier alpha value is -2.64. The van der Waals surface area contributed by atoms with Crippen LogP contribution < -0.4 is 4.90 Å². The second kappa shape index (κ2) is 8.58. The number of hydrogen-bond acceptors (Lipinski definition) is 6. The SMILES string of the molecule is C[C@@H]1CCC[C@H](C)N1C(=O)COC(=O)c1cc([N+](=O)[O-])ccc1N1CCCC1. The van der Waals surface area contributed by atoms with Crippen molar-refractivity contribution in [3.63, 3.8) is 0 Å². The van der Waals surface area contributed by atoms with Gasteiger partial charge in [0, 0.05) is 37.3 Å². The maximum Gasteiger partial charge on any atom is 0.341 e. The summed E-state index contributed by atoms with van der Waals surface area (Å²) in [4.78, 5) is 39.7. The molecule has 2 atom stereocenters. The number of nitrogens with zero attached hydrogens (tertiary/aromatic N) is 3. The number of hydrogen-bond donors (Lipinski definition) is 0. The van der Waals surface area contributed by atoms with Crippen LogP contribution in [0.15, 0.2) is 18.2 Å². The molecule has 2 saturated heterocycles. The minimum atomic E-state index is -0.698. The molecule has 2 aliphatic rings. The van der Waals surface area contributed by atoms with Crippen molar-refractivity contribution in [3.8, 4) is 0 Å². The highest BCUT2D eigenvalue weighted by molar-refractivity contribution is 5.98. The molecule has 0 radical (unpaired) electrons. The summed E-state index contributed by atoms with van der Waals surface area (Å²) < 4.78 is 5.30. The van der Waals surface area contributed by atoms with Crippen LogP contribution in [0.4, 0.5) is 11.4 Å². The van der Waals surface area contributed by atoms with Crippen molar-refractivity contribution in [1.82, 2.24) is 4.90 Å². The molecule has 0 unspecified atom stereocenters. The van der Waals surface area contributed by atoms with E-state index in [2.05, 4.69) is 0 Å². The summed E-state index contributed by atoms with van der Waals surface area (Å²) in [6, 6.07) is 4.47. The summed E-state index contributed by atoms with van der Waals surface area (Å²) in [5.74, 6) is -0.919. The number of likely N-dealkylation sites (tertiary alicyclic amines) is 1. The highest BCUT2D eigenvalue weighted by atomic mass is 16.6. The lowest BCUT2D eigenvalue weighted by atomic mass is 9.97. The number of nitro benzene ring substituents is 1. The van der Waals surface area contributed by atoms with E-state index >= 15 is 0 Å². The largest absolute Gasteiger partial charge is 0.452 e. The quantitative estimate of drug-likeness (QED) is 0.436. The molecule has 2 aliphatic heterocycles. The molecule has 8 heteroatoms. The molecule has 2 fully saturated rings.